The van der Waals surface area contributed by atoms with Crippen LogP contribution in [0.15, 0.2) is 18.3 Å². The summed E-state index contributed by atoms with van der Waals surface area (Å²) in [7, 11) is 0. The molecule has 1 atom stereocenters. The van der Waals surface area contributed by atoms with Gasteiger partial charge in [0.2, 0.25) is 0 Å². The van der Waals surface area contributed by atoms with Gasteiger partial charge in [0.15, 0.2) is 0 Å². The Hall–Kier alpha value is -1.13. The molecule has 1 aromatic heterocycles. The molecule has 2 aliphatic rings. The molecule has 0 bridgehead atoms. The molecule has 0 aromatic carbocycles. The van der Waals surface area contributed by atoms with Gasteiger partial charge in [-0.3, -0.25) is 0 Å². The minimum atomic E-state index is 0.488. The normalized spacial score (nSPS) is 25.2. The van der Waals surface area contributed by atoms with E-state index in [9.17, 15) is 0 Å². The van der Waals surface area contributed by atoms with Crippen LogP contribution in [-0.2, 0) is 4.74 Å². The van der Waals surface area contributed by atoms with Crippen LogP contribution in [0, 0.1) is 0 Å². The standard InChI is InChI=1S/C13H19N3O/c1-3-11(12-4-2-5-14-12)13(15-6-1)16-7-9-17-10-8-16/h1,3,6,12,14H,2,4-5,7-10H2/t12-/m0/s1. The van der Waals surface area contributed by atoms with Crippen molar-refractivity contribution >= 4 is 5.82 Å². The van der Waals surface area contributed by atoms with Crippen LogP contribution in [0.3, 0.4) is 0 Å². The predicted molar refractivity (Wildman–Crippen MR) is 67.2 cm³/mol. The lowest BCUT2D eigenvalue weighted by molar-refractivity contribution is 0.122. The molecule has 3 heterocycles. The van der Waals surface area contributed by atoms with Crippen LogP contribution in [0.4, 0.5) is 5.82 Å². The van der Waals surface area contributed by atoms with Gasteiger partial charge < -0.3 is 15.0 Å². The molecule has 17 heavy (non-hydrogen) atoms. The van der Waals surface area contributed by atoms with Crippen molar-refractivity contribution in [1.82, 2.24) is 10.3 Å². The fourth-order valence-electron chi connectivity index (χ4n) is 2.67. The molecular weight excluding hydrogens is 214 g/mol. The van der Waals surface area contributed by atoms with E-state index in [1.807, 2.05) is 12.3 Å². The van der Waals surface area contributed by atoms with Crippen molar-refractivity contribution in [2.24, 2.45) is 0 Å². The maximum Gasteiger partial charge on any atom is 0.133 e. The summed E-state index contributed by atoms with van der Waals surface area (Å²) in [5, 5.41) is 3.55. The van der Waals surface area contributed by atoms with Crippen LogP contribution in [-0.4, -0.2) is 37.8 Å². The van der Waals surface area contributed by atoms with E-state index in [2.05, 4.69) is 21.3 Å². The number of rotatable bonds is 2. The van der Waals surface area contributed by atoms with Crippen LogP contribution in [0.2, 0.25) is 0 Å². The zero-order valence-corrected chi connectivity index (χ0v) is 10.1. The number of pyridine rings is 1. The molecule has 2 aliphatic heterocycles. The van der Waals surface area contributed by atoms with E-state index in [0.29, 0.717) is 6.04 Å². The van der Waals surface area contributed by atoms with Gasteiger partial charge in [0.1, 0.15) is 5.82 Å². The molecule has 1 aromatic rings. The first kappa shape index (κ1) is 11.0. The molecule has 0 unspecified atom stereocenters. The van der Waals surface area contributed by atoms with Crippen molar-refractivity contribution in [1.29, 1.82) is 0 Å². The molecule has 4 nitrogen and oxygen atoms in total. The molecule has 3 rings (SSSR count). The highest BCUT2D eigenvalue weighted by molar-refractivity contribution is 5.49. The van der Waals surface area contributed by atoms with Crippen molar-refractivity contribution in [2.75, 3.05) is 37.7 Å². The third kappa shape index (κ3) is 2.28. The molecule has 1 N–H and O–H groups in total. The number of hydrogen-bond acceptors (Lipinski definition) is 4. The first-order valence-corrected chi connectivity index (χ1v) is 6.46. The van der Waals surface area contributed by atoms with E-state index in [4.69, 9.17) is 4.74 Å². The number of hydrogen-bond donors (Lipinski definition) is 1. The third-order valence-corrected chi connectivity index (χ3v) is 3.56. The van der Waals surface area contributed by atoms with Crippen molar-refractivity contribution < 1.29 is 4.74 Å². The molecular formula is C13H19N3O. The van der Waals surface area contributed by atoms with Crippen LogP contribution in [0.5, 0.6) is 0 Å². The van der Waals surface area contributed by atoms with Crippen LogP contribution in [0.25, 0.3) is 0 Å². The second-order valence-electron chi connectivity index (χ2n) is 4.66. The fraction of sp³-hybridized carbons (Fsp3) is 0.615. The zero-order valence-electron chi connectivity index (χ0n) is 10.1. The second-order valence-corrected chi connectivity index (χ2v) is 4.66. The lowest BCUT2D eigenvalue weighted by atomic mass is 10.1. The molecule has 0 amide bonds. The molecule has 92 valence electrons. The number of aromatic nitrogens is 1. The van der Waals surface area contributed by atoms with Gasteiger partial charge in [0.05, 0.1) is 13.2 Å². The largest absolute Gasteiger partial charge is 0.378 e. The Kier molecular flexibility index (Phi) is 3.25. The molecule has 0 aliphatic carbocycles. The Morgan fingerprint density at radius 1 is 1.35 bits per heavy atom. The summed E-state index contributed by atoms with van der Waals surface area (Å²) in [5.41, 5.74) is 1.35. The van der Waals surface area contributed by atoms with Crippen LogP contribution < -0.4 is 10.2 Å². The third-order valence-electron chi connectivity index (χ3n) is 3.56. The monoisotopic (exact) mass is 233 g/mol. The zero-order chi connectivity index (χ0) is 11.5. The van der Waals surface area contributed by atoms with E-state index in [1.165, 1.54) is 18.4 Å². The molecule has 0 spiro atoms. The molecule has 4 heteroatoms. The van der Waals surface area contributed by atoms with E-state index < -0.39 is 0 Å². The van der Waals surface area contributed by atoms with Gasteiger partial charge in [-0.05, 0) is 25.5 Å². The number of nitrogens with zero attached hydrogens (tertiary/aromatic N) is 2. The highest BCUT2D eigenvalue weighted by Gasteiger charge is 2.23. The van der Waals surface area contributed by atoms with Gasteiger partial charge in [-0.1, -0.05) is 6.07 Å². The number of morpholine rings is 1. The van der Waals surface area contributed by atoms with Gasteiger partial charge in [0, 0.05) is 30.9 Å². The van der Waals surface area contributed by atoms with Crippen molar-refractivity contribution in [3.05, 3.63) is 23.9 Å². The van der Waals surface area contributed by atoms with Gasteiger partial charge in [-0.25, -0.2) is 4.98 Å². The van der Waals surface area contributed by atoms with E-state index in [1.54, 1.807) is 0 Å². The number of anilines is 1. The summed E-state index contributed by atoms with van der Waals surface area (Å²) in [6.45, 7) is 4.66. The van der Waals surface area contributed by atoms with Crippen LogP contribution in [0.1, 0.15) is 24.4 Å². The van der Waals surface area contributed by atoms with Gasteiger partial charge in [0.25, 0.3) is 0 Å². The molecule has 2 fully saturated rings. The summed E-state index contributed by atoms with van der Waals surface area (Å²) < 4.78 is 5.40. The Morgan fingerprint density at radius 3 is 3.00 bits per heavy atom. The number of ether oxygens (including phenoxy) is 1. The van der Waals surface area contributed by atoms with E-state index in [0.717, 1.165) is 38.7 Å². The first-order chi connectivity index (χ1) is 8.45. The van der Waals surface area contributed by atoms with E-state index >= 15 is 0 Å². The first-order valence-electron chi connectivity index (χ1n) is 6.46. The Balaban J connectivity index is 1.86. The minimum Gasteiger partial charge on any atom is -0.378 e. The van der Waals surface area contributed by atoms with Crippen molar-refractivity contribution in [3.8, 4) is 0 Å². The summed E-state index contributed by atoms with van der Waals surface area (Å²) in [4.78, 5) is 6.92. The smallest absolute Gasteiger partial charge is 0.133 e. The average Bonchev–Trinajstić information content (AvgIpc) is 2.94. The van der Waals surface area contributed by atoms with E-state index in [-0.39, 0.29) is 0 Å². The quantitative estimate of drug-likeness (QED) is 0.836. The summed E-state index contributed by atoms with van der Waals surface area (Å²) >= 11 is 0. The molecule has 2 saturated heterocycles. The maximum absolute atomic E-state index is 5.40. The summed E-state index contributed by atoms with van der Waals surface area (Å²) in [5.74, 6) is 1.15. The van der Waals surface area contributed by atoms with Gasteiger partial charge in [-0.15, -0.1) is 0 Å². The second kappa shape index (κ2) is 5.02. The number of nitrogens with one attached hydrogen (secondary N) is 1. The molecule has 0 radical (unpaired) electrons. The minimum absolute atomic E-state index is 0.488. The Morgan fingerprint density at radius 2 is 2.24 bits per heavy atom. The fourth-order valence-corrected chi connectivity index (χ4v) is 2.67. The lowest BCUT2D eigenvalue weighted by Crippen LogP contribution is -2.37. The molecule has 0 saturated carbocycles. The van der Waals surface area contributed by atoms with Gasteiger partial charge in [-0.2, -0.15) is 0 Å². The lowest BCUT2D eigenvalue weighted by Gasteiger charge is -2.30. The summed E-state index contributed by atoms with van der Waals surface area (Å²) in [6, 6.07) is 4.74. The highest BCUT2D eigenvalue weighted by Crippen LogP contribution is 2.30. The van der Waals surface area contributed by atoms with Crippen molar-refractivity contribution in [3.63, 3.8) is 0 Å². The van der Waals surface area contributed by atoms with Crippen LogP contribution >= 0.6 is 0 Å². The topological polar surface area (TPSA) is 37.4 Å². The highest BCUT2D eigenvalue weighted by atomic mass is 16.5. The maximum atomic E-state index is 5.40. The van der Waals surface area contributed by atoms with Crippen molar-refractivity contribution in [2.45, 2.75) is 18.9 Å². The average molecular weight is 233 g/mol. The predicted octanol–water partition coefficient (Wildman–Crippen LogP) is 1.34. The van der Waals surface area contributed by atoms with Gasteiger partial charge >= 0.3 is 0 Å². The summed E-state index contributed by atoms with van der Waals surface area (Å²) in [6.07, 6.45) is 4.38. The Labute approximate surface area is 102 Å². The SMILES string of the molecule is c1cnc(N2CCOCC2)c([C@@H]2CCCN2)c1. The Bertz CT molecular complexity index is 371.